The number of rotatable bonds is 2. The maximum absolute atomic E-state index is 9.99. The van der Waals surface area contributed by atoms with Gasteiger partial charge in [-0.15, -0.1) is 0 Å². The molecule has 0 bridgehead atoms. The van der Waals surface area contributed by atoms with E-state index < -0.39 is 0 Å². The molecule has 0 atom stereocenters. The van der Waals surface area contributed by atoms with Gasteiger partial charge in [0.2, 0.25) is 0 Å². The van der Waals surface area contributed by atoms with Crippen molar-refractivity contribution in [3.63, 3.8) is 0 Å². The Labute approximate surface area is 54.0 Å². The molecule has 0 amide bonds. The second kappa shape index (κ2) is 6.92. The van der Waals surface area contributed by atoms with Gasteiger partial charge in [0.25, 0.3) is 0 Å². The van der Waals surface area contributed by atoms with Crippen LogP contribution in [0.15, 0.2) is 0 Å². The lowest BCUT2D eigenvalue weighted by Crippen LogP contribution is -1.98. The zero-order chi connectivity index (χ0) is 6.41. The minimum absolute atomic E-state index is 0. The summed E-state index contributed by atoms with van der Waals surface area (Å²) in [5.41, 5.74) is 0. The largest absolute Gasteiger partial charge is 0.465 e. The summed E-state index contributed by atoms with van der Waals surface area (Å²) in [6.07, 6.45) is 0.277. The predicted molar refractivity (Wildman–Crippen MR) is 31.9 cm³/mol. The molecule has 0 aromatic carbocycles. The lowest BCUT2D eigenvalue weighted by atomic mass is 10.5. The Morgan fingerprint density at radius 1 is 1.78 bits per heavy atom. The second-order valence-electron chi connectivity index (χ2n) is 1.25. The van der Waals surface area contributed by atoms with E-state index >= 15 is 0 Å². The Morgan fingerprint density at radius 3 is 2.67 bits per heavy atom. The van der Waals surface area contributed by atoms with Gasteiger partial charge in [-0.2, -0.15) is 5.26 Å². The minimum atomic E-state index is -0.333. The summed E-state index contributed by atoms with van der Waals surface area (Å²) >= 11 is 0. The number of hydrogen-bond donors (Lipinski definition) is 1. The molecule has 0 saturated carbocycles. The molecule has 9 heavy (non-hydrogen) atoms. The molecule has 0 unspecified atom stereocenters. The van der Waals surface area contributed by atoms with Gasteiger partial charge < -0.3 is 10.9 Å². The molecule has 0 aliphatic heterocycles. The van der Waals surface area contributed by atoms with Crippen molar-refractivity contribution in [2.45, 2.75) is 13.3 Å². The Balaban J connectivity index is 0. The smallest absolute Gasteiger partial charge is 0.302 e. The second-order valence-corrected chi connectivity index (χ2v) is 1.25. The van der Waals surface area contributed by atoms with Crippen molar-refractivity contribution in [3.05, 3.63) is 0 Å². The molecule has 3 N–H and O–H groups in total. The van der Waals surface area contributed by atoms with Crippen molar-refractivity contribution in [2.75, 3.05) is 6.61 Å². The number of nitriles is 1. The van der Waals surface area contributed by atoms with Gasteiger partial charge in [0.1, 0.15) is 6.61 Å². The van der Waals surface area contributed by atoms with Crippen molar-refractivity contribution in [3.8, 4) is 6.07 Å². The van der Waals surface area contributed by atoms with Crippen LogP contribution in [0.1, 0.15) is 13.3 Å². The van der Waals surface area contributed by atoms with Gasteiger partial charge in [0.05, 0.1) is 12.5 Å². The van der Waals surface area contributed by atoms with Gasteiger partial charge in [-0.25, -0.2) is 0 Å². The standard InChI is InChI=1S/C5H7NO2.H3N/c1-5(7)8-4-2-3-6;/h2,4H2,1H3;1H3. The van der Waals surface area contributed by atoms with Crippen molar-refractivity contribution in [1.29, 1.82) is 5.26 Å². The average molecular weight is 130 g/mol. The van der Waals surface area contributed by atoms with Gasteiger partial charge >= 0.3 is 5.97 Å². The maximum Gasteiger partial charge on any atom is 0.302 e. The monoisotopic (exact) mass is 130 g/mol. The van der Waals surface area contributed by atoms with E-state index in [0.717, 1.165) is 0 Å². The fourth-order valence-corrected chi connectivity index (χ4v) is 0.240. The molecule has 0 saturated heterocycles. The van der Waals surface area contributed by atoms with Crippen LogP contribution in [0.2, 0.25) is 0 Å². The molecule has 52 valence electrons. The SMILES string of the molecule is CC(=O)OCCC#N.N. The third-order valence-electron chi connectivity index (χ3n) is 0.519. The molecule has 0 aromatic rings. The van der Waals surface area contributed by atoms with E-state index in [-0.39, 0.29) is 25.1 Å². The Morgan fingerprint density at radius 2 is 2.33 bits per heavy atom. The molecule has 4 heteroatoms. The highest BCUT2D eigenvalue weighted by molar-refractivity contribution is 5.65. The molecular weight excluding hydrogens is 120 g/mol. The number of carbonyl (C=O) groups excluding carboxylic acids is 1. The van der Waals surface area contributed by atoms with E-state index in [1.54, 1.807) is 0 Å². The summed E-state index contributed by atoms with van der Waals surface area (Å²) in [5.74, 6) is -0.333. The first-order valence-corrected chi connectivity index (χ1v) is 2.27. The van der Waals surface area contributed by atoms with Gasteiger partial charge in [-0.3, -0.25) is 4.79 Å². The number of nitrogens with zero attached hydrogens (tertiary/aromatic N) is 1. The number of carbonyl (C=O) groups is 1. The number of esters is 1. The van der Waals surface area contributed by atoms with Gasteiger partial charge in [0, 0.05) is 6.92 Å². The summed E-state index contributed by atoms with van der Waals surface area (Å²) in [5, 5.41) is 7.94. The minimum Gasteiger partial charge on any atom is -0.465 e. The molecule has 0 aliphatic carbocycles. The Bertz CT molecular complexity index is 117. The highest BCUT2D eigenvalue weighted by atomic mass is 16.5. The van der Waals surface area contributed by atoms with E-state index in [2.05, 4.69) is 4.74 Å². The first kappa shape index (κ1) is 10.8. The molecule has 0 radical (unpaired) electrons. The van der Waals surface area contributed by atoms with Crippen molar-refractivity contribution >= 4 is 5.97 Å². The summed E-state index contributed by atoms with van der Waals surface area (Å²) in [7, 11) is 0. The molecule has 0 spiro atoms. The molecule has 0 aromatic heterocycles. The molecule has 0 heterocycles. The normalized spacial score (nSPS) is 6.67. The van der Waals surface area contributed by atoms with Crippen LogP contribution in [-0.4, -0.2) is 12.6 Å². The fraction of sp³-hybridized carbons (Fsp3) is 0.600. The quantitative estimate of drug-likeness (QED) is 0.438. The average Bonchev–Trinajstić information content (AvgIpc) is 1.66. The van der Waals surface area contributed by atoms with Crippen molar-refractivity contribution < 1.29 is 9.53 Å². The van der Waals surface area contributed by atoms with Gasteiger partial charge in [-0.1, -0.05) is 0 Å². The van der Waals surface area contributed by atoms with Crippen LogP contribution >= 0.6 is 0 Å². The predicted octanol–water partition coefficient (Wildman–Crippen LogP) is 0.625. The molecule has 0 fully saturated rings. The highest BCUT2D eigenvalue weighted by Crippen LogP contribution is 1.78. The van der Waals surface area contributed by atoms with Crippen molar-refractivity contribution in [1.82, 2.24) is 6.15 Å². The molecule has 0 rings (SSSR count). The zero-order valence-electron chi connectivity index (χ0n) is 5.39. The van der Waals surface area contributed by atoms with Crippen LogP contribution in [-0.2, 0) is 9.53 Å². The van der Waals surface area contributed by atoms with Crippen LogP contribution < -0.4 is 6.15 Å². The summed E-state index contributed by atoms with van der Waals surface area (Å²) in [4.78, 5) is 9.99. The van der Waals surface area contributed by atoms with E-state index in [4.69, 9.17) is 5.26 Å². The molecule has 0 aliphatic rings. The Kier molecular flexibility index (Phi) is 8.32. The van der Waals surface area contributed by atoms with Crippen LogP contribution in [0.5, 0.6) is 0 Å². The van der Waals surface area contributed by atoms with Gasteiger partial charge in [0.15, 0.2) is 0 Å². The van der Waals surface area contributed by atoms with E-state index in [0.29, 0.717) is 0 Å². The number of ether oxygens (including phenoxy) is 1. The number of hydrogen-bond acceptors (Lipinski definition) is 4. The summed E-state index contributed by atoms with van der Waals surface area (Å²) < 4.78 is 4.42. The lowest BCUT2D eigenvalue weighted by molar-refractivity contribution is -0.140. The van der Waals surface area contributed by atoms with Crippen LogP contribution in [0.3, 0.4) is 0 Å². The van der Waals surface area contributed by atoms with Crippen LogP contribution in [0.4, 0.5) is 0 Å². The van der Waals surface area contributed by atoms with E-state index in [1.807, 2.05) is 6.07 Å². The third kappa shape index (κ3) is 10.9. The topological polar surface area (TPSA) is 85.1 Å². The molecule has 4 nitrogen and oxygen atoms in total. The first-order valence-electron chi connectivity index (χ1n) is 2.27. The van der Waals surface area contributed by atoms with E-state index in [9.17, 15) is 4.79 Å². The molecular formula is C5H10N2O2. The van der Waals surface area contributed by atoms with Crippen molar-refractivity contribution in [2.24, 2.45) is 0 Å². The first-order chi connectivity index (χ1) is 3.77. The van der Waals surface area contributed by atoms with Gasteiger partial charge in [-0.05, 0) is 0 Å². The van der Waals surface area contributed by atoms with Crippen LogP contribution in [0, 0.1) is 11.3 Å². The maximum atomic E-state index is 9.99. The van der Waals surface area contributed by atoms with E-state index in [1.165, 1.54) is 6.92 Å². The summed E-state index contributed by atoms with van der Waals surface area (Å²) in [6.45, 7) is 1.53. The zero-order valence-corrected chi connectivity index (χ0v) is 5.39. The fourth-order valence-electron chi connectivity index (χ4n) is 0.240. The Hall–Kier alpha value is -1.08. The highest BCUT2D eigenvalue weighted by Gasteiger charge is 1.88. The lowest BCUT2D eigenvalue weighted by Gasteiger charge is -1.92. The van der Waals surface area contributed by atoms with Crippen LogP contribution in [0.25, 0.3) is 0 Å². The third-order valence-corrected chi connectivity index (χ3v) is 0.519. The summed E-state index contributed by atoms with van der Waals surface area (Å²) in [6, 6.07) is 1.85.